The van der Waals surface area contributed by atoms with E-state index < -0.39 is 11.6 Å². The van der Waals surface area contributed by atoms with Crippen LogP contribution >= 0.6 is 11.6 Å². The van der Waals surface area contributed by atoms with Gasteiger partial charge in [-0.1, -0.05) is 37.1 Å². The maximum absolute atomic E-state index is 14.7. The molecule has 2 atom stereocenters. The highest BCUT2D eigenvalue weighted by molar-refractivity contribution is 6.31. The van der Waals surface area contributed by atoms with Gasteiger partial charge >= 0.3 is 0 Å². The van der Waals surface area contributed by atoms with E-state index in [0.29, 0.717) is 36.2 Å². The van der Waals surface area contributed by atoms with Crippen molar-refractivity contribution in [3.63, 3.8) is 0 Å². The van der Waals surface area contributed by atoms with E-state index in [1.807, 2.05) is 25.1 Å². The van der Waals surface area contributed by atoms with Gasteiger partial charge in [0.2, 0.25) is 11.8 Å². The van der Waals surface area contributed by atoms with Gasteiger partial charge in [0, 0.05) is 36.0 Å². The number of amides is 2. The molecule has 2 unspecified atom stereocenters. The van der Waals surface area contributed by atoms with Crippen LogP contribution in [0.3, 0.4) is 0 Å². The van der Waals surface area contributed by atoms with Crippen LogP contribution in [0.5, 0.6) is 0 Å². The number of fused-ring (bicyclic) bond motifs is 4. The van der Waals surface area contributed by atoms with E-state index in [1.165, 1.54) is 6.08 Å². The molecule has 202 valence electrons. The van der Waals surface area contributed by atoms with Crippen molar-refractivity contribution in [3.05, 3.63) is 88.2 Å². The zero-order valence-corrected chi connectivity index (χ0v) is 22.1. The van der Waals surface area contributed by atoms with Gasteiger partial charge in [0.05, 0.1) is 28.9 Å². The van der Waals surface area contributed by atoms with Crippen molar-refractivity contribution >= 4 is 34.7 Å². The predicted octanol–water partition coefficient (Wildman–Crippen LogP) is 6.29. The highest BCUT2D eigenvalue weighted by Crippen LogP contribution is 2.37. The molecule has 6 nitrogen and oxygen atoms in total. The standard InChI is InChI=1S/C30H28ClF2N3O3/c1-17-3-2-4-26(36-12-10-20(15-27(36)38)28-23(32)8-7-22(31)29(28)33)25-14-19(9-11-34-25)21-6-5-18(16-37)13-24(21)35-30(17)39/h5-9,11,13-15,17,26,37H,2-4,10,12,16H2,1H3,(H,35,39). The molecule has 2 aliphatic rings. The van der Waals surface area contributed by atoms with E-state index in [0.717, 1.165) is 23.3 Å². The Morgan fingerprint density at radius 1 is 1.13 bits per heavy atom. The molecule has 0 fully saturated rings. The summed E-state index contributed by atoms with van der Waals surface area (Å²) in [7, 11) is 0. The van der Waals surface area contributed by atoms with Crippen LogP contribution in [0.2, 0.25) is 5.02 Å². The van der Waals surface area contributed by atoms with Crippen molar-refractivity contribution in [1.82, 2.24) is 9.88 Å². The maximum Gasteiger partial charge on any atom is 0.247 e. The first-order valence-electron chi connectivity index (χ1n) is 12.9. The minimum atomic E-state index is -0.875. The number of halogens is 3. The van der Waals surface area contributed by atoms with Crippen LogP contribution < -0.4 is 5.32 Å². The zero-order valence-electron chi connectivity index (χ0n) is 21.4. The SMILES string of the molecule is CC1CCCC(N2CCC(c3c(F)ccc(Cl)c3F)=CC2=O)c2cc(ccn2)-c2ccc(CO)cc2NC1=O. The molecule has 0 saturated carbocycles. The Hall–Kier alpha value is -3.62. The summed E-state index contributed by atoms with van der Waals surface area (Å²) >= 11 is 5.88. The smallest absolute Gasteiger partial charge is 0.247 e. The molecule has 3 heterocycles. The number of rotatable bonds is 3. The van der Waals surface area contributed by atoms with Crippen molar-refractivity contribution in [2.75, 3.05) is 11.9 Å². The molecule has 0 aliphatic carbocycles. The molecule has 0 spiro atoms. The summed E-state index contributed by atoms with van der Waals surface area (Å²) in [4.78, 5) is 32.7. The Morgan fingerprint density at radius 3 is 2.72 bits per heavy atom. The number of carbonyl (C=O) groups is 2. The molecule has 3 aromatic rings. The number of hydrogen-bond donors (Lipinski definition) is 2. The lowest BCUT2D eigenvalue weighted by molar-refractivity contribution is -0.129. The second-order valence-electron chi connectivity index (χ2n) is 10.0. The van der Waals surface area contributed by atoms with Crippen molar-refractivity contribution in [2.45, 2.75) is 45.3 Å². The van der Waals surface area contributed by atoms with Crippen LogP contribution in [0.25, 0.3) is 16.7 Å². The van der Waals surface area contributed by atoms with Crippen molar-refractivity contribution < 1.29 is 23.5 Å². The first-order valence-corrected chi connectivity index (χ1v) is 13.3. The second-order valence-corrected chi connectivity index (χ2v) is 10.4. The van der Waals surface area contributed by atoms with E-state index in [-0.39, 0.29) is 59.5 Å². The number of benzene rings is 2. The highest BCUT2D eigenvalue weighted by atomic mass is 35.5. The normalized spacial score (nSPS) is 19.9. The highest BCUT2D eigenvalue weighted by Gasteiger charge is 2.31. The molecule has 9 heteroatoms. The average molecular weight is 552 g/mol. The lowest BCUT2D eigenvalue weighted by Crippen LogP contribution is -2.38. The summed E-state index contributed by atoms with van der Waals surface area (Å²) in [5, 5.41) is 12.4. The van der Waals surface area contributed by atoms with E-state index in [1.54, 1.807) is 23.2 Å². The molecule has 2 amide bonds. The number of nitrogens with one attached hydrogen (secondary N) is 1. The maximum atomic E-state index is 14.7. The molecule has 2 aliphatic heterocycles. The van der Waals surface area contributed by atoms with Gasteiger partial charge < -0.3 is 15.3 Å². The van der Waals surface area contributed by atoms with Crippen molar-refractivity contribution in [3.8, 4) is 11.1 Å². The molecular formula is C30H28ClF2N3O3. The fraction of sp³-hybridized carbons (Fsp3) is 0.300. The van der Waals surface area contributed by atoms with Gasteiger partial charge in [0.15, 0.2) is 5.82 Å². The van der Waals surface area contributed by atoms with E-state index >= 15 is 0 Å². The fourth-order valence-corrected chi connectivity index (χ4v) is 5.45. The largest absolute Gasteiger partial charge is 0.392 e. The molecular weight excluding hydrogens is 524 g/mol. The Balaban J connectivity index is 1.53. The first kappa shape index (κ1) is 27.0. The third-order valence-corrected chi connectivity index (χ3v) is 7.76. The summed E-state index contributed by atoms with van der Waals surface area (Å²) < 4.78 is 29.2. The topological polar surface area (TPSA) is 82.5 Å². The van der Waals surface area contributed by atoms with Crippen molar-refractivity contribution in [2.24, 2.45) is 5.92 Å². The summed E-state index contributed by atoms with van der Waals surface area (Å²) in [6.07, 6.45) is 5.03. The number of aromatic nitrogens is 1. The van der Waals surface area contributed by atoms with Gasteiger partial charge in [-0.2, -0.15) is 0 Å². The molecule has 39 heavy (non-hydrogen) atoms. The molecule has 2 aromatic carbocycles. The Bertz CT molecular complexity index is 1480. The lowest BCUT2D eigenvalue weighted by Gasteiger charge is -2.34. The minimum Gasteiger partial charge on any atom is -0.392 e. The molecule has 2 bridgehead atoms. The van der Waals surface area contributed by atoms with Crippen LogP contribution in [0.15, 0.2) is 54.7 Å². The summed E-state index contributed by atoms with van der Waals surface area (Å²) in [5.74, 6) is -2.40. The van der Waals surface area contributed by atoms with Crippen LogP contribution in [-0.2, 0) is 16.2 Å². The summed E-state index contributed by atoms with van der Waals surface area (Å²) in [6, 6.07) is 11.0. The van der Waals surface area contributed by atoms with Gasteiger partial charge in [-0.25, -0.2) is 8.78 Å². The van der Waals surface area contributed by atoms with E-state index in [4.69, 9.17) is 11.6 Å². The molecule has 0 saturated heterocycles. The Morgan fingerprint density at radius 2 is 1.95 bits per heavy atom. The average Bonchev–Trinajstić information content (AvgIpc) is 2.93. The molecule has 0 radical (unpaired) electrons. The fourth-order valence-electron chi connectivity index (χ4n) is 5.29. The van der Waals surface area contributed by atoms with E-state index in [9.17, 15) is 23.5 Å². The van der Waals surface area contributed by atoms with Gasteiger partial charge in [-0.15, -0.1) is 0 Å². The number of nitrogens with zero attached hydrogens (tertiary/aromatic N) is 2. The number of hydrogen-bond acceptors (Lipinski definition) is 4. The Kier molecular flexibility index (Phi) is 7.77. The van der Waals surface area contributed by atoms with Gasteiger partial charge in [0.1, 0.15) is 5.82 Å². The zero-order chi connectivity index (χ0) is 27.7. The van der Waals surface area contributed by atoms with Gasteiger partial charge in [-0.05, 0) is 66.3 Å². The van der Waals surface area contributed by atoms with Crippen LogP contribution in [0.1, 0.15) is 55.5 Å². The number of anilines is 1. The molecule has 5 rings (SSSR count). The summed E-state index contributed by atoms with van der Waals surface area (Å²) in [5.41, 5.74) is 3.54. The van der Waals surface area contributed by atoms with Crippen molar-refractivity contribution in [1.29, 1.82) is 0 Å². The lowest BCUT2D eigenvalue weighted by atomic mass is 9.92. The number of aliphatic hydroxyl groups excluding tert-OH is 1. The van der Waals surface area contributed by atoms with Crippen LogP contribution in [0, 0.1) is 17.6 Å². The Labute approximate surface area is 230 Å². The molecule has 1 aromatic heterocycles. The predicted molar refractivity (Wildman–Crippen MR) is 146 cm³/mol. The van der Waals surface area contributed by atoms with Crippen LogP contribution in [0.4, 0.5) is 14.5 Å². The number of aliphatic hydroxyl groups is 1. The minimum absolute atomic E-state index is 0.120. The van der Waals surface area contributed by atoms with E-state index in [2.05, 4.69) is 10.3 Å². The first-order chi connectivity index (χ1) is 18.8. The van der Waals surface area contributed by atoms with Gasteiger partial charge in [-0.3, -0.25) is 14.6 Å². The van der Waals surface area contributed by atoms with Crippen LogP contribution in [-0.4, -0.2) is 33.3 Å². The summed E-state index contributed by atoms with van der Waals surface area (Å²) in [6.45, 7) is 1.95. The third kappa shape index (κ3) is 5.44. The quantitative estimate of drug-likeness (QED) is 0.375. The second kappa shape index (κ2) is 11.2. The van der Waals surface area contributed by atoms with Gasteiger partial charge in [0.25, 0.3) is 0 Å². The monoisotopic (exact) mass is 551 g/mol. The number of carbonyl (C=O) groups excluding carboxylic acids is 2. The molecule has 2 N–H and O–H groups in total. The number of pyridine rings is 1. The third-order valence-electron chi connectivity index (χ3n) is 7.46.